The second kappa shape index (κ2) is 4.70. The summed E-state index contributed by atoms with van der Waals surface area (Å²) in [5, 5.41) is 5.34. The molecule has 0 spiro atoms. The molecule has 11 heavy (non-hydrogen) atoms. The first-order valence-corrected chi connectivity index (χ1v) is 4.31. The fourth-order valence-corrected chi connectivity index (χ4v) is 1.46. The average Bonchev–Trinajstić information content (AvgIpc) is 2.06. The Bertz CT molecular complexity index is 102. The normalized spacial score (nSPS) is 25.9. The zero-order valence-corrected chi connectivity index (χ0v) is 7.47. The summed E-state index contributed by atoms with van der Waals surface area (Å²) >= 11 is 0. The Kier molecular flexibility index (Phi) is 3.83. The average molecular weight is 158 g/mol. The molecule has 0 aromatic heterocycles. The summed E-state index contributed by atoms with van der Waals surface area (Å²) < 4.78 is 0. The molecule has 0 bridgehead atoms. The number of nitrogens with zero attached hydrogens (tertiary/aromatic N) is 1. The lowest BCUT2D eigenvalue weighted by molar-refractivity contribution is -0.114. The van der Waals surface area contributed by atoms with E-state index in [9.17, 15) is 0 Å². The van der Waals surface area contributed by atoms with E-state index in [-0.39, 0.29) is 0 Å². The van der Waals surface area contributed by atoms with Gasteiger partial charge >= 0.3 is 0 Å². The van der Waals surface area contributed by atoms with E-state index >= 15 is 0 Å². The van der Waals surface area contributed by atoms with Crippen molar-refractivity contribution in [3.8, 4) is 0 Å². The fraction of sp³-hybridized carbons (Fsp3) is 1.00. The van der Waals surface area contributed by atoms with Crippen LogP contribution in [0.4, 0.5) is 0 Å². The Morgan fingerprint density at radius 2 is 2.36 bits per heavy atom. The number of hydrogen-bond acceptors (Lipinski definition) is 3. The quantitative estimate of drug-likeness (QED) is 0.609. The molecular weight excluding hydrogens is 140 g/mol. The molecule has 1 saturated heterocycles. The molecule has 1 heterocycles. The molecule has 0 aromatic carbocycles. The Morgan fingerprint density at radius 1 is 1.55 bits per heavy atom. The van der Waals surface area contributed by atoms with Crippen molar-refractivity contribution in [1.29, 1.82) is 0 Å². The van der Waals surface area contributed by atoms with Crippen molar-refractivity contribution < 1.29 is 4.84 Å². The Hall–Kier alpha value is -0.120. The first-order chi connectivity index (χ1) is 5.33. The number of rotatable bonds is 3. The Labute approximate surface area is 68.7 Å². The molecule has 0 amide bonds. The Morgan fingerprint density at radius 3 is 2.91 bits per heavy atom. The highest BCUT2D eigenvalue weighted by Gasteiger charge is 2.13. The van der Waals surface area contributed by atoms with Crippen molar-refractivity contribution in [3.63, 3.8) is 0 Å². The molecule has 66 valence electrons. The highest BCUT2D eigenvalue weighted by atomic mass is 16.7. The number of nitrogens with one attached hydrogen (secondary N) is 1. The van der Waals surface area contributed by atoms with Gasteiger partial charge in [0.1, 0.15) is 0 Å². The molecule has 1 atom stereocenters. The summed E-state index contributed by atoms with van der Waals surface area (Å²) in [6.07, 6.45) is 3.97. The molecule has 1 aliphatic rings. The lowest BCUT2D eigenvalue weighted by Crippen LogP contribution is -2.42. The minimum atomic E-state index is 0.633. The molecular formula is C8H18N2O. The number of piperidine rings is 1. The third kappa shape index (κ3) is 3.18. The number of likely N-dealkylation sites (N-methyl/N-ethyl adjacent to an activating group) is 1. The monoisotopic (exact) mass is 158 g/mol. The van der Waals surface area contributed by atoms with Gasteiger partial charge in [0.25, 0.3) is 0 Å². The summed E-state index contributed by atoms with van der Waals surface area (Å²) in [7, 11) is 3.68. The van der Waals surface area contributed by atoms with Gasteiger partial charge < -0.3 is 10.2 Å². The molecule has 1 fully saturated rings. The van der Waals surface area contributed by atoms with E-state index in [4.69, 9.17) is 4.84 Å². The van der Waals surface area contributed by atoms with E-state index < -0.39 is 0 Å². The van der Waals surface area contributed by atoms with Crippen LogP contribution in [0.2, 0.25) is 0 Å². The SMILES string of the molecule is CON(C)C[C@@H]1CCCCN1. The highest BCUT2D eigenvalue weighted by Crippen LogP contribution is 2.07. The molecule has 0 unspecified atom stereocenters. The molecule has 1 rings (SSSR count). The second-order valence-electron chi connectivity index (χ2n) is 3.14. The van der Waals surface area contributed by atoms with Crippen LogP contribution < -0.4 is 5.32 Å². The third-order valence-electron chi connectivity index (χ3n) is 2.20. The molecule has 1 N–H and O–H groups in total. The summed E-state index contributed by atoms with van der Waals surface area (Å²) in [6, 6.07) is 0.633. The minimum Gasteiger partial charge on any atom is -0.313 e. The topological polar surface area (TPSA) is 24.5 Å². The Balaban J connectivity index is 2.13. The summed E-state index contributed by atoms with van der Waals surface area (Å²) in [4.78, 5) is 5.05. The van der Waals surface area contributed by atoms with E-state index in [1.165, 1.54) is 25.8 Å². The van der Waals surface area contributed by atoms with Gasteiger partial charge in [0.2, 0.25) is 0 Å². The maximum Gasteiger partial charge on any atom is 0.0575 e. The van der Waals surface area contributed by atoms with Crippen molar-refractivity contribution in [3.05, 3.63) is 0 Å². The van der Waals surface area contributed by atoms with Gasteiger partial charge in [0, 0.05) is 19.6 Å². The van der Waals surface area contributed by atoms with Gasteiger partial charge in [-0.15, -0.1) is 0 Å². The van der Waals surface area contributed by atoms with Crippen LogP contribution in [-0.4, -0.2) is 38.4 Å². The van der Waals surface area contributed by atoms with Crippen LogP contribution in [0.1, 0.15) is 19.3 Å². The van der Waals surface area contributed by atoms with E-state index in [1.54, 1.807) is 7.11 Å². The predicted octanol–water partition coefficient (Wildman–Crippen LogP) is 0.622. The molecule has 0 saturated carbocycles. The van der Waals surface area contributed by atoms with E-state index in [0.29, 0.717) is 6.04 Å². The van der Waals surface area contributed by atoms with Gasteiger partial charge in [-0.25, -0.2) is 0 Å². The molecule has 3 nitrogen and oxygen atoms in total. The molecule has 0 aliphatic carbocycles. The van der Waals surface area contributed by atoms with Gasteiger partial charge in [-0.1, -0.05) is 6.42 Å². The van der Waals surface area contributed by atoms with Crippen molar-refractivity contribution >= 4 is 0 Å². The summed E-state index contributed by atoms with van der Waals surface area (Å²) in [6.45, 7) is 2.17. The van der Waals surface area contributed by atoms with E-state index in [0.717, 1.165) is 6.54 Å². The van der Waals surface area contributed by atoms with Gasteiger partial charge in [-0.2, -0.15) is 5.06 Å². The lowest BCUT2D eigenvalue weighted by atomic mass is 10.1. The summed E-state index contributed by atoms with van der Waals surface area (Å²) in [5.41, 5.74) is 0. The van der Waals surface area contributed by atoms with Crippen LogP contribution >= 0.6 is 0 Å². The largest absolute Gasteiger partial charge is 0.313 e. The van der Waals surface area contributed by atoms with Crippen molar-refractivity contribution in [2.45, 2.75) is 25.3 Å². The van der Waals surface area contributed by atoms with Gasteiger partial charge in [0.05, 0.1) is 7.11 Å². The molecule has 0 radical (unpaired) electrons. The molecule has 3 heteroatoms. The fourth-order valence-electron chi connectivity index (χ4n) is 1.46. The predicted molar refractivity (Wildman–Crippen MR) is 45.3 cm³/mol. The van der Waals surface area contributed by atoms with Crippen LogP contribution in [0.15, 0.2) is 0 Å². The second-order valence-corrected chi connectivity index (χ2v) is 3.14. The zero-order chi connectivity index (χ0) is 8.10. The third-order valence-corrected chi connectivity index (χ3v) is 2.20. The van der Waals surface area contributed by atoms with Crippen LogP contribution in [0, 0.1) is 0 Å². The van der Waals surface area contributed by atoms with Crippen LogP contribution in [0.3, 0.4) is 0 Å². The molecule has 1 aliphatic heterocycles. The first-order valence-electron chi connectivity index (χ1n) is 4.31. The minimum absolute atomic E-state index is 0.633. The standard InChI is InChI=1S/C8H18N2O/c1-10(11-2)7-8-5-3-4-6-9-8/h8-9H,3-7H2,1-2H3/t8-/m0/s1. The maximum atomic E-state index is 5.05. The maximum absolute atomic E-state index is 5.05. The van der Waals surface area contributed by atoms with E-state index in [2.05, 4.69) is 5.32 Å². The van der Waals surface area contributed by atoms with Gasteiger partial charge in [-0.05, 0) is 19.4 Å². The van der Waals surface area contributed by atoms with Crippen molar-refractivity contribution in [2.75, 3.05) is 27.2 Å². The summed E-state index contributed by atoms with van der Waals surface area (Å²) in [5.74, 6) is 0. The first kappa shape index (κ1) is 8.97. The lowest BCUT2D eigenvalue weighted by Gasteiger charge is -2.26. The van der Waals surface area contributed by atoms with Crippen LogP contribution in [-0.2, 0) is 4.84 Å². The highest BCUT2D eigenvalue weighted by molar-refractivity contribution is 4.72. The van der Waals surface area contributed by atoms with Crippen LogP contribution in [0.5, 0.6) is 0 Å². The van der Waals surface area contributed by atoms with Crippen LogP contribution in [0.25, 0.3) is 0 Å². The smallest absolute Gasteiger partial charge is 0.0575 e. The number of hydrogen-bond donors (Lipinski definition) is 1. The zero-order valence-electron chi connectivity index (χ0n) is 7.47. The number of hydroxylamine groups is 2. The van der Waals surface area contributed by atoms with E-state index in [1.807, 2.05) is 12.1 Å². The molecule has 0 aromatic rings. The van der Waals surface area contributed by atoms with Crippen molar-refractivity contribution in [2.24, 2.45) is 0 Å². The van der Waals surface area contributed by atoms with Gasteiger partial charge in [-0.3, -0.25) is 0 Å². The van der Waals surface area contributed by atoms with Gasteiger partial charge in [0.15, 0.2) is 0 Å². The van der Waals surface area contributed by atoms with Crippen molar-refractivity contribution in [1.82, 2.24) is 10.4 Å².